The standard InChI is InChI=1S/C22H19N7O/c1-12-5-7-16(8-6-12)29-22(26-15(4)30)18(11-24)14(3)20(28-29)21-17(10-23)13(2)9-19(25)27-21/h5-9H,1-4H3,(H2,25,27). The third-order valence-corrected chi connectivity index (χ3v) is 4.58. The second-order valence-electron chi connectivity index (χ2n) is 6.86. The van der Waals surface area contributed by atoms with Gasteiger partial charge < -0.3 is 5.73 Å². The summed E-state index contributed by atoms with van der Waals surface area (Å²) in [5.74, 6) is -0.224. The minimum Gasteiger partial charge on any atom is -0.384 e. The van der Waals surface area contributed by atoms with Crippen LogP contribution in [0.4, 0.5) is 5.82 Å². The number of rotatable bonds is 2. The second kappa shape index (κ2) is 7.98. The van der Waals surface area contributed by atoms with Gasteiger partial charge in [0.25, 0.3) is 0 Å². The Hall–Kier alpha value is -4.30. The zero-order valence-corrected chi connectivity index (χ0v) is 17.1. The highest BCUT2D eigenvalue weighted by Crippen LogP contribution is 2.27. The van der Waals surface area contributed by atoms with E-state index in [1.165, 1.54) is 11.6 Å². The molecule has 0 spiro atoms. The molecule has 30 heavy (non-hydrogen) atoms. The number of amides is 1. The van der Waals surface area contributed by atoms with Crippen LogP contribution in [0.25, 0.3) is 17.1 Å². The van der Waals surface area contributed by atoms with Crippen LogP contribution in [0.15, 0.2) is 35.3 Å². The minimum atomic E-state index is -0.461. The largest absolute Gasteiger partial charge is 0.384 e. The van der Waals surface area contributed by atoms with E-state index in [0.29, 0.717) is 28.1 Å². The smallest absolute Gasteiger partial charge is 0.244 e. The summed E-state index contributed by atoms with van der Waals surface area (Å²) in [4.78, 5) is 20.1. The van der Waals surface area contributed by atoms with Crippen molar-refractivity contribution in [1.82, 2.24) is 14.8 Å². The van der Waals surface area contributed by atoms with Gasteiger partial charge in [-0.25, -0.2) is 9.67 Å². The Morgan fingerprint density at radius 1 is 1.07 bits per heavy atom. The Kier molecular flexibility index (Phi) is 5.43. The molecule has 0 atom stereocenters. The van der Waals surface area contributed by atoms with Crippen LogP contribution in [0.1, 0.15) is 34.7 Å². The number of carbonyl (C=O) groups excluding carboxylic acids is 1. The number of aromatic nitrogens is 3. The van der Waals surface area contributed by atoms with Crippen molar-refractivity contribution >= 4 is 11.7 Å². The highest BCUT2D eigenvalue weighted by Gasteiger charge is 2.20. The molecule has 0 bridgehead atoms. The van der Waals surface area contributed by atoms with Crippen LogP contribution in [0.3, 0.4) is 0 Å². The van der Waals surface area contributed by atoms with E-state index in [9.17, 15) is 15.3 Å². The van der Waals surface area contributed by atoms with Crippen molar-refractivity contribution in [2.24, 2.45) is 4.99 Å². The summed E-state index contributed by atoms with van der Waals surface area (Å²) >= 11 is 0. The zero-order chi connectivity index (χ0) is 22.0. The molecular formula is C22H19N7O. The van der Waals surface area contributed by atoms with E-state index in [-0.39, 0.29) is 22.6 Å². The average Bonchev–Trinajstić information content (AvgIpc) is 2.68. The Morgan fingerprint density at radius 2 is 1.70 bits per heavy atom. The van der Waals surface area contributed by atoms with Crippen molar-refractivity contribution in [3.8, 4) is 29.2 Å². The number of hydrogen-bond donors (Lipinski definition) is 1. The molecule has 3 aromatic rings. The van der Waals surface area contributed by atoms with Crippen LogP contribution in [0.2, 0.25) is 0 Å². The van der Waals surface area contributed by atoms with Crippen LogP contribution in [0, 0.1) is 43.4 Å². The summed E-state index contributed by atoms with van der Waals surface area (Å²) in [6.07, 6.45) is 0. The Balaban J connectivity index is 2.51. The van der Waals surface area contributed by atoms with Gasteiger partial charge in [0, 0.05) is 12.5 Å². The van der Waals surface area contributed by atoms with Crippen molar-refractivity contribution in [1.29, 1.82) is 10.5 Å². The molecular weight excluding hydrogens is 378 g/mol. The lowest BCUT2D eigenvalue weighted by Gasteiger charge is -2.15. The molecule has 2 N–H and O–H groups in total. The maximum Gasteiger partial charge on any atom is 0.244 e. The van der Waals surface area contributed by atoms with Crippen molar-refractivity contribution < 1.29 is 4.79 Å². The molecule has 3 rings (SSSR count). The fourth-order valence-electron chi connectivity index (χ4n) is 3.10. The Morgan fingerprint density at radius 3 is 2.27 bits per heavy atom. The van der Waals surface area contributed by atoms with E-state index in [4.69, 9.17) is 5.73 Å². The third-order valence-electron chi connectivity index (χ3n) is 4.58. The molecule has 0 radical (unpaired) electrons. The second-order valence-corrected chi connectivity index (χ2v) is 6.86. The number of carbonyl (C=O) groups is 1. The first-order chi connectivity index (χ1) is 14.3. The van der Waals surface area contributed by atoms with E-state index in [0.717, 1.165) is 5.56 Å². The number of aryl methyl sites for hydroxylation is 2. The number of anilines is 1. The summed E-state index contributed by atoms with van der Waals surface area (Å²) in [5, 5.41) is 24.2. The molecule has 0 aliphatic heterocycles. The molecule has 0 saturated carbocycles. The zero-order valence-electron chi connectivity index (χ0n) is 17.1. The predicted molar refractivity (Wildman–Crippen MR) is 111 cm³/mol. The Labute approximate surface area is 173 Å². The monoisotopic (exact) mass is 397 g/mol. The first kappa shape index (κ1) is 20.4. The van der Waals surface area contributed by atoms with Gasteiger partial charge in [-0.2, -0.15) is 20.6 Å². The summed E-state index contributed by atoms with van der Waals surface area (Å²) in [7, 11) is 0. The van der Waals surface area contributed by atoms with Gasteiger partial charge in [-0.1, -0.05) is 17.7 Å². The topological polar surface area (TPSA) is 134 Å². The summed E-state index contributed by atoms with van der Waals surface area (Å²) in [6, 6.07) is 13.3. The fourth-order valence-corrected chi connectivity index (χ4v) is 3.10. The number of nitrogens with two attached hydrogens (primary N) is 1. The molecule has 1 aromatic carbocycles. The molecule has 2 heterocycles. The van der Waals surface area contributed by atoms with Gasteiger partial charge in [-0.3, -0.25) is 4.79 Å². The lowest BCUT2D eigenvalue weighted by Crippen LogP contribution is -2.28. The van der Waals surface area contributed by atoms with Crippen molar-refractivity contribution in [2.45, 2.75) is 27.7 Å². The van der Waals surface area contributed by atoms with Gasteiger partial charge in [0.1, 0.15) is 34.9 Å². The first-order valence-electron chi connectivity index (χ1n) is 9.10. The van der Waals surface area contributed by atoms with Gasteiger partial charge in [0.15, 0.2) is 5.49 Å². The molecule has 1 amide bonds. The lowest BCUT2D eigenvalue weighted by molar-refractivity contribution is -0.116. The number of nitrogen functional groups attached to an aromatic ring is 1. The molecule has 0 saturated heterocycles. The highest BCUT2D eigenvalue weighted by molar-refractivity contribution is 5.75. The first-order valence-corrected chi connectivity index (χ1v) is 9.10. The number of pyridine rings is 1. The van der Waals surface area contributed by atoms with Crippen molar-refractivity contribution in [3.05, 3.63) is 63.6 Å². The fraction of sp³-hybridized carbons (Fsp3) is 0.182. The van der Waals surface area contributed by atoms with Crippen LogP contribution in [-0.4, -0.2) is 20.7 Å². The van der Waals surface area contributed by atoms with E-state index >= 15 is 0 Å². The Bertz CT molecular complexity index is 1320. The maximum absolute atomic E-state index is 11.8. The van der Waals surface area contributed by atoms with E-state index < -0.39 is 5.91 Å². The van der Waals surface area contributed by atoms with E-state index in [1.54, 1.807) is 19.9 Å². The minimum absolute atomic E-state index is 0.120. The third kappa shape index (κ3) is 3.67. The van der Waals surface area contributed by atoms with Crippen molar-refractivity contribution in [3.63, 3.8) is 0 Å². The molecule has 0 aliphatic rings. The van der Waals surface area contributed by atoms with Gasteiger partial charge in [-0.05, 0) is 44.5 Å². The normalized spacial score (nSPS) is 11.1. The van der Waals surface area contributed by atoms with Crippen LogP contribution >= 0.6 is 0 Å². The highest BCUT2D eigenvalue weighted by atomic mass is 16.1. The van der Waals surface area contributed by atoms with Crippen molar-refractivity contribution in [2.75, 3.05) is 5.73 Å². The summed E-state index contributed by atoms with van der Waals surface area (Å²) in [6.45, 7) is 6.69. The molecule has 8 nitrogen and oxygen atoms in total. The molecule has 148 valence electrons. The summed E-state index contributed by atoms with van der Waals surface area (Å²) < 4.78 is 1.42. The molecule has 0 fully saturated rings. The number of nitrogens with zero attached hydrogens (tertiary/aromatic N) is 6. The maximum atomic E-state index is 11.8. The molecule has 0 unspecified atom stereocenters. The predicted octanol–water partition coefficient (Wildman–Crippen LogP) is 2.63. The van der Waals surface area contributed by atoms with Gasteiger partial charge in [0.05, 0.1) is 11.3 Å². The molecule has 0 aliphatic carbocycles. The SMILES string of the molecule is CC(=O)N=c1c(C#N)c(C)c(-c2nc(N)cc(C)c2C#N)nn1-c1ccc(C)cc1. The quantitative estimate of drug-likeness (QED) is 0.706. The van der Waals surface area contributed by atoms with E-state index in [1.807, 2.05) is 31.2 Å². The molecule has 2 aromatic heterocycles. The number of benzene rings is 1. The molecule has 8 heteroatoms. The lowest BCUT2D eigenvalue weighted by atomic mass is 10.0. The average molecular weight is 397 g/mol. The van der Waals surface area contributed by atoms with Gasteiger partial charge in [0.2, 0.25) is 5.91 Å². The van der Waals surface area contributed by atoms with Crippen LogP contribution in [-0.2, 0) is 4.79 Å². The van der Waals surface area contributed by atoms with Gasteiger partial charge >= 0.3 is 0 Å². The summed E-state index contributed by atoms with van der Waals surface area (Å²) in [5.41, 5.74) is 9.87. The number of nitriles is 2. The van der Waals surface area contributed by atoms with Gasteiger partial charge in [-0.15, -0.1) is 0 Å². The van der Waals surface area contributed by atoms with Crippen LogP contribution < -0.4 is 11.2 Å². The van der Waals surface area contributed by atoms with E-state index in [2.05, 4.69) is 27.2 Å². The number of hydrogen-bond acceptors (Lipinski definition) is 6. The van der Waals surface area contributed by atoms with Crippen LogP contribution in [0.5, 0.6) is 0 Å².